The molecule has 0 unspecified atom stereocenters. The molecular formula is C12H21NO3. The van der Waals surface area contributed by atoms with Crippen LogP contribution in [0.2, 0.25) is 0 Å². The Hall–Kier alpha value is -0.610. The van der Waals surface area contributed by atoms with Gasteiger partial charge in [0.1, 0.15) is 5.60 Å². The first-order valence-electron chi connectivity index (χ1n) is 5.95. The van der Waals surface area contributed by atoms with E-state index in [4.69, 9.17) is 4.74 Å². The fourth-order valence-corrected chi connectivity index (χ4v) is 2.28. The van der Waals surface area contributed by atoms with E-state index in [0.717, 1.165) is 12.8 Å². The second-order valence-electron chi connectivity index (χ2n) is 6.11. The van der Waals surface area contributed by atoms with E-state index in [9.17, 15) is 9.90 Å². The van der Waals surface area contributed by atoms with Gasteiger partial charge in [-0.05, 0) is 39.5 Å². The van der Waals surface area contributed by atoms with Gasteiger partial charge < -0.3 is 9.84 Å². The van der Waals surface area contributed by atoms with Crippen LogP contribution in [0, 0.1) is 5.92 Å². The summed E-state index contributed by atoms with van der Waals surface area (Å²) >= 11 is 0. The van der Waals surface area contributed by atoms with Crippen LogP contribution in [0.25, 0.3) is 0 Å². The summed E-state index contributed by atoms with van der Waals surface area (Å²) in [6, 6.07) is 0. The monoisotopic (exact) mass is 227 g/mol. The molecule has 2 aliphatic rings. The summed E-state index contributed by atoms with van der Waals surface area (Å²) in [6.45, 7) is 7.13. The summed E-state index contributed by atoms with van der Waals surface area (Å²) in [4.78, 5) is 13.5. The minimum Gasteiger partial charge on any atom is -0.459 e. The van der Waals surface area contributed by atoms with Gasteiger partial charge in [-0.15, -0.1) is 0 Å². The van der Waals surface area contributed by atoms with Gasteiger partial charge in [-0.2, -0.15) is 0 Å². The van der Waals surface area contributed by atoms with Crippen molar-refractivity contribution in [2.24, 2.45) is 5.92 Å². The molecule has 0 radical (unpaired) electrons. The molecule has 0 aromatic carbocycles. The van der Waals surface area contributed by atoms with Crippen LogP contribution in [-0.4, -0.2) is 46.8 Å². The van der Waals surface area contributed by atoms with E-state index in [-0.39, 0.29) is 5.97 Å². The average molecular weight is 227 g/mol. The normalized spacial score (nSPS) is 25.0. The van der Waals surface area contributed by atoms with Gasteiger partial charge in [0, 0.05) is 13.1 Å². The van der Waals surface area contributed by atoms with Gasteiger partial charge in [0.05, 0.1) is 12.1 Å². The molecule has 0 aromatic rings. The predicted molar refractivity (Wildman–Crippen MR) is 60.0 cm³/mol. The minimum absolute atomic E-state index is 0.203. The molecule has 1 N–H and O–H groups in total. The Morgan fingerprint density at radius 1 is 1.44 bits per heavy atom. The number of hydrogen-bond donors (Lipinski definition) is 1. The van der Waals surface area contributed by atoms with E-state index >= 15 is 0 Å². The zero-order chi connectivity index (χ0) is 12.0. The first kappa shape index (κ1) is 11.9. The lowest BCUT2D eigenvalue weighted by molar-refractivity contribution is -0.165. The number of esters is 1. The molecule has 1 aliphatic heterocycles. The smallest absolute Gasteiger partial charge is 0.320 e. The second kappa shape index (κ2) is 3.70. The summed E-state index contributed by atoms with van der Waals surface area (Å²) in [5.41, 5.74) is -0.934. The highest BCUT2D eigenvalue weighted by Crippen LogP contribution is 2.44. The van der Waals surface area contributed by atoms with Crippen LogP contribution < -0.4 is 0 Å². The van der Waals surface area contributed by atoms with E-state index < -0.39 is 11.2 Å². The third-order valence-corrected chi connectivity index (χ3v) is 3.10. The second-order valence-corrected chi connectivity index (χ2v) is 6.11. The van der Waals surface area contributed by atoms with Crippen molar-refractivity contribution >= 4 is 5.97 Å². The highest BCUT2D eigenvalue weighted by molar-refractivity contribution is 5.72. The molecule has 0 amide bonds. The zero-order valence-electron chi connectivity index (χ0n) is 10.3. The lowest BCUT2D eigenvalue weighted by atomic mass is 9.89. The van der Waals surface area contributed by atoms with Crippen molar-refractivity contribution in [1.29, 1.82) is 0 Å². The summed E-state index contributed by atoms with van der Waals surface area (Å²) in [5.74, 6) is 0.271. The number of likely N-dealkylation sites (tertiary alicyclic amines) is 1. The van der Waals surface area contributed by atoms with Gasteiger partial charge in [0.2, 0.25) is 0 Å². The molecule has 1 aliphatic carbocycles. The third kappa shape index (κ3) is 2.74. The lowest BCUT2D eigenvalue weighted by Crippen LogP contribution is -2.64. The first-order valence-corrected chi connectivity index (χ1v) is 5.95. The highest BCUT2D eigenvalue weighted by atomic mass is 16.6. The van der Waals surface area contributed by atoms with Gasteiger partial charge in [0.25, 0.3) is 0 Å². The molecule has 1 saturated carbocycles. The molecule has 16 heavy (non-hydrogen) atoms. The van der Waals surface area contributed by atoms with Crippen molar-refractivity contribution in [2.45, 2.75) is 44.8 Å². The minimum atomic E-state index is -0.512. The molecule has 4 heteroatoms. The molecule has 0 atom stereocenters. The Morgan fingerprint density at radius 3 is 2.44 bits per heavy atom. The number of nitrogens with zero attached hydrogens (tertiary/aromatic N) is 1. The molecule has 2 fully saturated rings. The van der Waals surface area contributed by atoms with Gasteiger partial charge in [-0.3, -0.25) is 9.69 Å². The highest BCUT2D eigenvalue weighted by Gasteiger charge is 2.52. The van der Waals surface area contributed by atoms with Gasteiger partial charge in [-0.1, -0.05) is 0 Å². The molecule has 92 valence electrons. The molecule has 1 heterocycles. The molecule has 0 aromatic heterocycles. The molecule has 4 nitrogen and oxygen atoms in total. The lowest BCUT2D eigenvalue weighted by Gasteiger charge is -2.46. The fraction of sp³-hybridized carbons (Fsp3) is 0.917. The summed E-state index contributed by atoms with van der Waals surface area (Å²) in [5, 5.41) is 10.1. The molecule has 0 spiro atoms. The fourth-order valence-electron chi connectivity index (χ4n) is 2.28. The Kier molecular flexibility index (Phi) is 2.75. The molecule has 0 bridgehead atoms. The van der Waals surface area contributed by atoms with E-state index in [1.807, 2.05) is 25.7 Å². The quantitative estimate of drug-likeness (QED) is 0.724. The van der Waals surface area contributed by atoms with Crippen molar-refractivity contribution in [2.75, 3.05) is 19.6 Å². The first-order chi connectivity index (χ1) is 7.28. The van der Waals surface area contributed by atoms with Gasteiger partial charge in [-0.25, -0.2) is 0 Å². The summed E-state index contributed by atoms with van der Waals surface area (Å²) < 4.78 is 5.23. The van der Waals surface area contributed by atoms with E-state index in [0.29, 0.717) is 25.6 Å². The predicted octanol–water partition coefficient (Wildman–Crippen LogP) is 0.785. The molecule has 2 rings (SSSR count). The number of rotatable bonds is 3. The topological polar surface area (TPSA) is 49.8 Å². The third-order valence-electron chi connectivity index (χ3n) is 3.10. The van der Waals surface area contributed by atoms with Crippen molar-refractivity contribution in [3.8, 4) is 0 Å². The van der Waals surface area contributed by atoms with Crippen LogP contribution >= 0.6 is 0 Å². The number of β-amino-alcohol motifs (C(OH)–C–C–N with tert-alkyl or cyclic N) is 1. The Bertz CT molecular complexity index is 285. The van der Waals surface area contributed by atoms with E-state index in [1.165, 1.54) is 0 Å². The standard InChI is InChI=1S/C12H21NO3/c1-11(2,3)16-10(14)6-13-7-12(15,8-13)9-4-5-9/h9,15H,4-8H2,1-3H3. The van der Waals surface area contributed by atoms with Gasteiger partial charge >= 0.3 is 5.97 Å². The Morgan fingerprint density at radius 2 is 2.00 bits per heavy atom. The summed E-state index contributed by atoms with van der Waals surface area (Å²) in [7, 11) is 0. The van der Waals surface area contributed by atoms with Gasteiger partial charge in [0.15, 0.2) is 0 Å². The Balaban J connectivity index is 1.71. The average Bonchev–Trinajstić information content (AvgIpc) is 2.78. The molecular weight excluding hydrogens is 206 g/mol. The maximum absolute atomic E-state index is 11.5. The van der Waals surface area contributed by atoms with Crippen LogP contribution in [0.3, 0.4) is 0 Å². The maximum Gasteiger partial charge on any atom is 0.320 e. The number of aliphatic hydroxyl groups is 1. The number of ether oxygens (including phenoxy) is 1. The van der Waals surface area contributed by atoms with Crippen LogP contribution in [0.15, 0.2) is 0 Å². The van der Waals surface area contributed by atoms with Crippen LogP contribution in [0.1, 0.15) is 33.6 Å². The van der Waals surface area contributed by atoms with E-state index in [2.05, 4.69) is 0 Å². The number of carbonyl (C=O) groups excluding carboxylic acids is 1. The Labute approximate surface area is 96.6 Å². The number of hydrogen-bond acceptors (Lipinski definition) is 4. The zero-order valence-corrected chi connectivity index (χ0v) is 10.3. The largest absolute Gasteiger partial charge is 0.459 e. The van der Waals surface area contributed by atoms with Crippen molar-refractivity contribution in [1.82, 2.24) is 4.90 Å². The maximum atomic E-state index is 11.5. The van der Waals surface area contributed by atoms with Crippen LogP contribution in [0.4, 0.5) is 0 Å². The summed E-state index contributed by atoms with van der Waals surface area (Å²) in [6.07, 6.45) is 2.27. The van der Waals surface area contributed by atoms with E-state index in [1.54, 1.807) is 0 Å². The van der Waals surface area contributed by atoms with Crippen LogP contribution in [0.5, 0.6) is 0 Å². The van der Waals surface area contributed by atoms with Crippen molar-refractivity contribution in [3.05, 3.63) is 0 Å². The molecule has 1 saturated heterocycles. The van der Waals surface area contributed by atoms with Crippen LogP contribution in [-0.2, 0) is 9.53 Å². The van der Waals surface area contributed by atoms with Crippen molar-refractivity contribution < 1.29 is 14.6 Å². The number of carbonyl (C=O) groups is 1. The SMILES string of the molecule is CC(C)(C)OC(=O)CN1CC(O)(C2CC2)C1. The van der Waals surface area contributed by atoms with Crippen molar-refractivity contribution in [3.63, 3.8) is 0 Å².